The Morgan fingerprint density at radius 2 is 1.38 bits per heavy atom. The first kappa shape index (κ1) is 19.5. The zero-order valence-corrected chi connectivity index (χ0v) is 15.8. The summed E-state index contributed by atoms with van der Waals surface area (Å²) in [6.45, 7) is 2.22. The van der Waals surface area contributed by atoms with Gasteiger partial charge in [-0.3, -0.25) is 15.0 Å². The maximum Gasteiger partial charge on any atom is 0.253 e. The van der Waals surface area contributed by atoms with Crippen LogP contribution in [0.3, 0.4) is 0 Å². The third-order valence-corrected chi connectivity index (χ3v) is 5.50. The Bertz CT molecular complexity index is 881. The van der Waals surface area contributed by atoms with Gasteiger partial charge in [-0.15, -0.1) is 0 Å². The number of carbonyl (C=O) groups is 2. The molecule has 2 aromatic carbocycles. The van der Waals surface area contributed by atoms with E-state index >= 15 is 0 Å². The SMILES string of the molecule is O=C(c1ccc(F)cc1)N1CCN(C(=O)C2CNNC2c2ccc(F)cc2)CC1. The summed E-state index contributed by atoms with van der Waals surface area (Å²) in [6, 6.07) is 11.4. The highest BCUT2D eigenvalue weighted by atomic mass is 19.1. The highest BCUT2D eigenvalue weighted by molar-refractivity contribution is 5.94. The van der Waals surface area contributed by atoms with Crippen LogP contribution in [0.2, 0.25) is 0 Å². The maximum atomic E-state index is 13.2. The minimum Gasteiger partial charge on any atom is -0.339 e. The lowest BCUT2D eigenvalue weighted by Crippen LogP contribution is -2.52. The second kappa shape index (κ2) is 8.26. The standard InChI is InChI=1S/C21H22F2N4O2/c22-16-5-1-14(2-6-16)19-18(13-24-25-19)21(29)27-11-9-26(10-12-27)20(28)15-3-7-17(23)8-4-15/h1-8,18-19,24-25H,9-13H2. The Morgan fingerprint density at radius 1 is 0.828 bits per heavy atom. The van der Waals surface area contributed by atoms with Crippen molar-refractivity contribution in [3.05, 3.63) is 71.3 Å². The molecule has 2 heterocycles. The Balaban J connectivity index is 1.37. The van der Waals surface area contributed by atoms with Gasteiger partial charge < -0.3 is 9.80 Å². The molecule has 2 aromatic rings. The van der Waals surface area contributed by atoms with Crippen molar-refractivity contribution in [2.24, 2.45) is 5.92 Å². The molecule has 2 saturated heterocycles. The van der Waals surface area contributed by atoms with Gasteiger partial charge in [0, 0.05) is 38.3 Å². The number of nitrogens with zero attached hydrogens (tertiary/aromatic N) is 2. The Kier molecular flexibility index (Phi) is 5.55. The van der Waals surface area contributed by atoms with Crippen molar-refractivity contribution in [2.75, 3.05) is 32.7 Å². The number of hydrogen-bond acceptors (Lipinski definition) is 4. The van der Waals surface area contributed by atoms with E-state index in [9.17, 15) is 18.4 Å². The summed E-state index contributed by atoms with van der Waals surface area (Å²) in [7, 11) is 0. The van der Waals surface area contributed by atoms with E-state index < -0.39 is 0 Å². The fourth-order valence-electron chi connectivity index (χ4n) is 3.85. The van der Waals surface area contributed by atoms with E-state index in [1.165, 1.54) is 36.4 Å². The van der Waals surface area contributed by atoms with Crippen LogP contribution in [0.4, 0.5) is 8.78 Å². The number of piperazine rings is 1. The molecule has 2 aliphatic rings. The summed E-state index contributed by atoms with van der Waals surface area (Å²) in [5, 5.41) is 0. The number of amides is 2. The lowest BCUT2D eigenvalue weighted by molar-refractivity contribution is -0.137. The third-order valence-electron chi connectivity index (χ3n) is 5.50. The van der Waals surface area contributed by atoms with E-state index in [1.54, 1.807) is 21.9 Å². The first-order valence-corrected chi connectivity index (χ1v) is 9.60. The van der Waals surface area contributed by atoms with Crippen LogP contribution < -0.4 is 10.9 Å². The van der Waals surface area contributed by atoms with Crippen LogP contribution in [-0.4, -0.2) is 54.3 Å². The second-order valence-corrected chi connectivity index (χ2v) is 7.29. The van der Waals surface area contributed by atoms with Crippen LogP contribution in [0.25, 0.3) is 0 Å². The molecule has 6 nitrogen and oxygen atoms in total. The largest absolute Gasteiger partial charge is 0.339 e. The van der Waals surface area contributed by atoms with Crippen LogP contribution in [-0.2, 0) is 4.79 Å². The monoisotopic (exact) mass is 400 g/mol. The molecular weight excluding hydrogens is 378 g/mol. The zero-order chi connectivity index (χ0) is 20.4. The lowest BCUT2D eigenvalue weighted by atomic mass is 9.93. The van der Waals surface area contributed by atoms with E-state index in [4.69, 9.17) is 0 Å². The fraction of sp³-hybridized carbons (Fsp3) is 0.333. The summed E-state index contributed by atoms with van der Waals surface area (Å²) in [5.41, 5.74) is 7.41. The molecule has 0 aromatic heterocycles. The number of nitrogens with one attached hydrogen (secondary N) is 2. The topological polar surface area (TPSA) is 64.7 Å². The van der Waals surface area contributed by atoms with E-state index in [-0.39, 0.29) is 35.4 Å². The fourth-order valence-corrected chi connectivity index (χ4v) is 3.85. The highest BCUT2D eigenvalue weighted by Gasteiger charge is 2.37. The minimum absolute atomic E-state index is 0.00528. The average molecular weight is 400 g/mol. The summed E-state index contributed by atoms with van der Waals surface area (Å²) in [4.78, 5) is 29.1. The van der Waals surface area contributed by atoms with Gasteiger partial charge in [0.25, 0.3) is 5.91 Å². The molecule has 4 rings (SSSR count). The molecule has 2 amide bonds. The van der Waals surface area contributed by atoms with Crippen molar-refractivity contribution in [3.63, 3.8) is 0 Å². The first-order chi connectivity index (χ1) is 14.0. The van der Waals surface area contributed by atoms with Gasteiger partial charge in [-0.05, 0) is 42.0 Å². The summed E-state index contributed by atoms with van der Waals surface area (Å²) in [6.07, 6.45) is 0. The summed E-state index contributed by atoms with van der Waals surface area (Å²) < 4.78 is 26.3. The second-order valence-electron chi connectivity index (χ2n) is 7.29. The van der Waals surface area contributed by atoms with Gasteiger partial charge in [0.05, 0.1) is 12.0 Å². The Morgan fingerprint density at radius 3 is 2.00 bits per heavy atom. The van der Waals surface area contributed by atoms with Crippen molar-refractivity contribution in [1.82, 2.24) is 20.7 Å². The van der Waals surface area contributed by atoms with Crippen molar-refractivity contribution in [2.45, 2.75) is 6.04 Å². The smallest absolute Gasteiger partial charge is 0.253 e. The molecule has 0 aliphatic carbocycles. The van der Waals surface area contributed by atoms with Crippen LogP contribution in [0.1, 0.15) is 22.0 Å². The molecule has 2 fully saturated rings. The van der Waals surface area contributed by atoms with Gasteiger partial charge in [-0.1, -0.05) is 12.1 Å². The lowest BCUT2D eigenvalue weighted by Gasteiger charge is -2.36. The number of benzene rings is 2. The van der Waals surface area contributed by atoms with Gasteiger partial charge in [0.15, 0.2) is 0 Å². The van der Waals surface area contributed by atoms with Gasteiger partial charge >= 0.3 is 0 Å². The molecule has 0 spiro atoms. The molecule has 0 radical (unpaired) electrons. The minimum atomic E-state index is -0.383. The zero-order valence-electron chi connectivity index (χ0n) is 15.8. The van der Waals surface area contributed by atoms with Crippen LogP contribution in [0.5, 0.6) is 0 Å². The quantitative estimate of drug-likeness (QED) is 0.824. The summed E-state index contributed by atoms with van der Waals surface area (Å²) in [5.74, 6) is -1.16. The van der Waals surface area contributed by atoms with Crippen molar-refractivity contribution < 1.29 is 18.4 Å². The molecule has 2 atom stereocenters. The molecule has 2 unspecified atom stereocenters. The van der Waals surface area contributed by atoms with Crippen LogP contribution in [0, 0.1) is 17.6 Å². The maximum absolute atomic E-state index is 13.2. The average Bonchev–Trinajstić information content (AvgIpc) is 3.24. The van der Waals surface area contributed by atoms with E-state index in [0.29, 0.717) is 38.3 Å². The normalized spacial score (nSPS) is 22.0. The molecule has 0 saturated carbocycles. The molecule has 0 bridgehead atoms. The molecule has 2 N–H and O–H groups in total. The number of rotatable bonds is 3. The molecule has 2 aliphatic heterocycles. The number of hydrazine groups is 1. The number of hydrogen-bond donors (Lipinski definition) is 2. The van der Waals surface area contributed by atoms with Crippen molar-refractivity contribution in [3.8, 4) is 0 Å². The van der Waals surface area contributed by atoms with Gasteiger partial charge in [0.1, 0.15) is 11.6 Å². The highest BCUT2D eigenvalue weighted by Crippen LogP contribution is 2.27. The molecule has 29 heavy (non-hydrogen) atoms. The summed E-state index contributed by atoms with van der Waals surface area (Å²) >= 11 is 0. The number of carbonyl (C=O) groups excluding carboxylic acids is 2. The van der Waals surface area contributed by atoms with Crippen molar-refractivity contribution in [1.29, 1.82) is 0 Å². The molecule has 152 valence electrons. The Labute approximate surface area is 167 Å². The van der Waals surface area contributed by atoms with Crippen LogP contribution >= 0.6 is 0 Å². The molecular formula is C21H22F2N4O2. The first-order valence-electron chi connectivity index (χ1n) is 9.60. The predicted molar refractivity (Wildman–Crippen MR) is 103 cm³/mol. The van der Waals surface area contributed by atoms with Gasteiger partial charge in [0.2, 0.25) is 5.91 Å². The van der Waals surface area contributed by atoms with Gasteiger partial charge in [-0.25, -0.2) is 14.2 Å². The third kappa shape index (κ3) is 4.13. The van der Waals surface area contributed by atoms with E-state index in [0.717, 1.165) is 5.56 Å². The molecule has 8 heteroatoms. The Hall–Kier alpha value is -2.84. The van der Waals surface area contributed by atoms with E-state index in [1.807, 2.05) is 0 Å². The van der Waals surface area contributed by atoms with Gasteiger partial charge in [-0.2, -0.15) is 0 Å². The predicted octanol–water partition coefficient (Wildman–Crippen LogP) is 1.71. The van der Waals surface area contributed by atoms with Crippen molar-refractivity contribution >= 4 is 11.8 Å². The van der Waals surface area contributed by atoms with Crippen LogP contribution in [0.15, 0.2) is 48.5 Å². The number of halogens is 2. The van der Waals surface area contributed by atoms with E-state index in [2.05, 4.69) is 10.9 Å².